The van der Waals surface area contributed by atoms with Gasteiger partial charge in [-0.1, -0.05) is 0 Å². The van der Waals surface area contributed by atoms with Crippen LogP contribution in [0.4, 0.5) is 5.69 Å². The van der Waals surface area contributed by atoms with Crippen molar-refractivity contribution < 1.29 is 4.74 Å². The Morgan fingerprint density at radius 1 is 1.53 bits per heavy atom. The summed E-state index contributed by atoms with van der Waals surface area (Å²) in [6, 6.07) is 7.52. The van der Waals surface area contributed by atoms with Crippen LogP contribution in [0, 0.1) is 0 Å². The average Bonchev–Trinajstić information content (AvgIpc) is 2.65. The van der Waals surface area contributed by atoms with Gasteiger partial charge in [-0.25, -0.2) is 0 Å². The Bertz CT molecular complexity index is 392. The molecule has 1 aliphatic heterocycles. The molecule has 0 radical (unpaired) electrons. The van der Waals surface area contributed by atoms with E-state index in [1.807, 2.05) is 13.1 Å². The van der Waals surface area contributed by atoms with E-state index in [1.165, 1.54) is 17.7 Å². The second-order valence-corrected chi connectivity index (χ2v) is 4.89. The number of anilines is 1. The van der Waals surface area contributed by atoms with Gasteiger partial charge in [-0.2, -0.15) is 0 Å². The Labute approximate surface area is 104 Å². The molecular formula is C14H22N2O. The van der Waals surface area contributed by atoms with Crippen molar-refractivity contribution in [3.8, 4) is 5.75 Å². The molecule has 0 amide bonds. The molecule has 0 aliphatic carbocycles. The molecule has 1 heterocycles. The van der Waals surface area contributed by atoms with Crippen molar-refractivity contribution in [1.82, 2.24) is 5.32 Å². The molecule has 17 heavy (non-hydrogen) atoms. The maximum atomic E-state index is 5.28. The smallest absolute Gasteiger partial charge is 0.119 e. The van der Waals surface area contributed by atoms with E-state index in [2.05, 4.69) is 36.3 Å². The van der Waals surface area contributed by atoms with Gasteiger partial charge in [0.15, 0.2) is 0 Å². The van der Waals surface area contributed by atoms with Crippen molar-refractivity contribution in [3.63, 3.8) is 0 Å². The molecule has 0 saturated heterocycles. The van der Waals surface area contributed by atoms with Crippen LogP contribution in [0.1, 0.15) is 18.9 Å². The topological polar surface area (TPSA) is 24.5 Å². The number of nitrogens with zero attached hydrogens (tertiary/aromatic N) is 1. The minimum Gasteiger partial charge on any atom is -0.497 e. The normalized spacial score (nSPS) is 20.2. The van der Waals surface area contributed by atoms with E-state index in [0.717, 1.165) is 12.2 Å². The number of likely N-dealkylation sites (N-methyl/N-ethyl adjacent to an activating group) is 1. The highest BCUT2D eigenvalue weighted by atomic mass is 16.5. The SMILES string of the molecule is CNC(C)CC1Cc2cc(OC)ccc2N1C. The van der Waals surface area contributed by atoms with Gasteiger partial charge in [0.2, 0.25) is 0 Å². The van der Waals surface area contributed by atoms with Crippen LogP contribution in [-0.4, -0.2) is 33.3 Å². The van der Waals surface area contributed by atoms with Crippen LogP contribution in [0.15, 0.2) is 18.2 Å². The lowest BCUT2D eigenvalue weighted by Crippen LogP contribution is -2.35. The summed E-state index contributed by atoms with van der Waals surface area (Å²) in [6.07, 6.45) is 2.29. The predicted molar refractivity (Wildman–Crippen MR) is 72.0 cm³/mol. The first-order valence-corrected chi connectivity index (χ1v) is 6.22. The number of fused-ring (bicyclic) bond motifs is 1. The monoisotopic (exact) mass is 234 g/mol. The number of benzene rings is 1. The number of methoxy groups -OCH3 is 1. The molecule has 2 atom stereocenters. The maximum Gasteiger partial charge on any atom is 0.119 e. The van der Waals surface area contributed by atoms with Crippen molar-refractivity contribution in [2.75, 3.05) is 26.1 Å². The van der Waals surface area contributed by atoms with Crippen molar-refractivity contribution in [2.45, 2.75) is 31.8 Å². The largest absolute Gasteiger partial charge is 0.497 e. The summed E-state index contributed by atoms with van der Waals surface area (Å²) < 4.78 is 5.28. The molecule has 3 nitrogen and oxygen atoms in total. The zero-order chi connectivity index (χ0) is 12.4. The third kappa shape index (κ3) is 2.39. The zero-order valence-electron chi connectivity index (χ0n) is 11.2. The molecule has 3 heteroatoms. The minimum atomic E-state index is 0.554. The van der Waals surface area contributed by atoms with E-state index in [9.17, 15) is 0 Å². The Hall–Kier alpha value is -1.22. The summed E-state index contributed by atoms with van der Waals surface area (Å²) in [5, 5.41) is 3.31. The highest BCUT2D eigenvalue weighted by Gasteiger charge is 2.27. The maximum absolute atomic E-state index is 5.28. The second kappa shape index (κ2) is 4.96. The molecule has 1 N–H and O–H groups in total. The molecular weight excluding hydrogens is 212 g/mol. The summed E-state index contributed by atoms with van der Waals surface area (Å²) >= 11 is 0. The van der Waals surface area contributed by atoms with Crippen LogP contribution >= 0.6 is 0 Å². The third-order valence-electron chi connectivity index (χ3n) is 3.79. The molecule has 1 aromatic rings. The molecule has 0 spiro atoms. The van der Waals surface area contributed by atoms with Gasteiger partial charge >= 0.3 is 0 Å². The molecule has 1 aromatic carbocycles. The van der Waals surface area contributed by atoms with Gasteiger partial charge in [0.05, 0.1) is 7.11 Å². The van der Waals surface area contributed by atoms with Crippen LogP contribution in [0.3, 0.4) is 0 Å². The van der Waals surface area contributed by atoms with Crippen molar-refractivity contribution >= 4 is 5.69 Å². The summed E-state index contributed by atoms with van der Waals surface area (Å²) in [6.45, 7) is 2.23. The van der Waals surface area contributed by atoms with Crippen molar-refractivity contribution in [2.24, 2.45) is 0 Å². The van der Waals surface area contributed by atoms with Crippen LogP contribution in [0.2, 0.25) is 0 Å². The fourth-order valence-corrected chi connectivity index (χ4v) is 2.55. The zero-order valence-corrected chi connectivity index (χ0v) is 11.2. The number of hydrogen-bond donors (Lipinski definition) is 1. The standard InChI is InChI=1S/C14H22N2O/c1-10(15-2)7-12-8-11-9-13(17-4)5-6-14(11)16(12)3/h5-6,9-10,12,15H,7-8H2,1-4H3. The van der Waals surface area contributed by atoms with E-state index in [-0.39, 0.29) is 0 Å². The van der Waals surface area contributed by atoms with Gasteiger partial charge in [-0.15, -0.1) is 0 Å². The molecule has 0 bridgehead atoms. The number of hydrogen-bond acceptors (Lipinski definition) is 3. The molecule has 0 saturated carbocycles. The minimum absolute atomic E-state index is 0.554. The summed E-state index contributed by atoms with van der Waals surface area (Å²) in [7, 11) is 5.93. The first-order valence-electron chi connectivity index (χ1n) is 6.22. The molecule has 0 fully saturated rings. The Balaban J connectivity index is 2.14. The third-order valence-corrected chi connectivity index (χ3v) is 3.79. The molecule has 94 valence electrons. The lowest BCUT2D eigenvalue weighted by molar-refractivity contribution is 0.414. The van der Waals surface area contributed by atoms with Crippen molar-refractivity contribution in [3.05, 3.63) is 23.8 Å². The second-order valence-electron chi connectivity index (χ2n) is 4.89. The van der Waals surface area contributed by atoms with Crippen molar-refractivity contribution in [1.29, 1.82) is 0 Å². The number of ether oxygens (including phenoxy) is 1. The van der Waals surface area contributed by atoms with Gasteiger partial charge < -0.3 is 15.0 Å². The highest BCUT2D eigenvalue weighted by molar-refractivity contribution is 5.61. The van der Waals surface area contributed by atoms with Crippen LogP contribution in [0.5, 0.6) is 5.75 Å². The number of nitrogens with one attached hydrogen (secondary N) is 1. The lowest BCUT2D eigenvalue weighted by atomic mass is 10.0. The van der Waals surface area contributed by atoms with Gasteiger partial charge in [0, 0.05) is 24.8 Å². The van der Waals surface area contributed by atoms with Gasteiger partial charge in [0.1, 0.15) is 5.75 Å². The average molecular weight is 234 g/mol. The van der Waals surface area contributed by atoms with E-state index in [4.69, 9.17) is 4.74 Å². The first kappa shape index (κ1) is 12.2. The fourth-order valence-electron chi connectivity index (χ4n) is 2.55. The van der Waals surface area contributed by atoms with E-state index >= 15 is 0 Å². The highest BCUT2D eigenvalue weighted by Crippen LogP contribution is 2.34. The van der Waals surface area contributed by atoms with E-state index < -0.39 is 0 Å². The van der Waals surface area contributed by atoms with Gasteiger partial charge in [-0.05, 0) is 50.6 Å². The summed E-state index contributed by atoms with van der Waals surface area (Å²) in [5.74, 6) is 0.958. The fraction of sp³-hybridized carbons (Fsp3) is 0.571. The summed E-state index contributed by atoms with van der Waals surface area (Å²) in [4.78, 5) is 2.39. The molecule has 1 aliphatic rings. The number of rotatable bonds is 4. The molecule has 2 rings (SSSR count). The van der Waals surface area contributed by atoms with E-state index in [0.29, 0.717) is 12.1 Å². The first-order chi connectivity index (χ1) is 8.15. The Kier molecular flexibility index (Phi) is 3.57. The molecule has 2 unspecified atom stereocenters. The predicted octanol–water partition coefficient (Wildman–Crippen LogP) is 2.05. The lowest BCUT2D eigenvalue weighted by Gasteiger charge is -2.25. The quantitative estimate of drug-likeness (QED) is 0.863. The van der Waals surface area contributed by atoms with Crippen LogP contribution < -0.4 is 15.0 Å². The van der Waals surface area contributed by atoms with Gasteiger partial charge in [0.25, 0.3) is 0 Å². The van der Waals surface area contributed by atoms with Crippen LogP contribution in [-0.2, 0) is 6.42 Å². The summed E-state index contributed by atoms with van der Waals surface area (Å²) in [5.41, 5.74) is 2.75. The van der Waals surface area contributed by atoms with Crippen LogP contribution in [0.25, 0.3) is 0 Å². The molecule has 0 aromatic heterocycles. The Morgan fingerprint density at radius 2 is 2.29 bits per heavy atom. The Morgan fingerprint density at radius 3 is 2.94 bits per heavy atom. The van der Waals surface area contributed by atoms with E-state index in [1.54, 1.807) is 7.11 Å². The van der Waals surface area contributed by atoms with Gasteiger partial charge in [-0.3, -0.25) is 0 Å².